The average molecular weight is 949 g/mol. The van der Waals surface area contributed by atoms with E-state index in [1.54, 1.807) is 54.4 Å². The van der Waals surface area contributed by atoms with Gasteiger partial charge in [-0.05, 0) is 39.0 Å². The first-order valence-corrected chi connectivity index (χ1v) is 23.6. The fraction of sp³-hybridized carbons (Fsp3) is 0.673. The van der Waals surface area contributed by atoms with E-state index in [1.165, 1.54) is 0 Å². The topological polar surface area (TPSA) is 303 Å². The maximum atomic E-state index is 14.0. The minimum absolute atomic E-state index is 0.0794. The van der Waals surface area contributed by atoms with Crippen LogP contribution < -0.4 is 5.73 Å². The van der Waals surface area contributed by atoms with Gasteiger partial charge in [0.2, 0.25) is 5.91 Å². The highest BCUT2D eigenvalue weighted by molar-refractivity contribution is 5.80. The van der Waals surface area contributed by atoms with Gasteiger partial charge in [0.05, 0.1) is 86.0 Å². The van der Waals surface area contributed by atoms with Gasteiger partial charge in [-0.1, -0.05) is 92.0 Å². The van der Waals surface area contributed by atoms with E-state index in [9.17, 15) is 60.7 Å². The Morgan fingerprint density at radius 3 is 1.91 bits per heavy atom. The molecule has 18 nitrogen and oxygen atoms in total. The van der Waals surface area contributed by atoms with Crippen molar-refractivity contribution >= 4 is 11.9 Å². The van der Waals surface area contributed by atoms with Gasteiger partial charge >= 0.3 is 5.97 Å². The highest BCUT2D eigenvalue weighted by Gasteiger charge is 2.51. The Kier molecular flexibility index (Phi) is 23.7. The maximum absolute atomic E-state index is 14.0. The van der Waals surface area contributed by atoms with Crippen molar-refractivity contribution < 1.29 is 79.6 Å². The number of carbonyl (C=O) groups excluding carboxylic acids is 2. The quantitative estimate of drug-likeness (QED) is 0.173. The third-order valence-electron chi connectivity index (χ3n) is 12.5. The predicted octanol–water partition coefficient (Wildman–Crippen LogP) is 0.615. The number of carbonyl (C=O) groups is 2. The van der Waals surface area contributed by atoms with Crippen molar-refractivity contribution in [2.45, 2.75) is 176 Å². The number of likely N-dealkylation sites (tertiary alicyclic amines) is 1. The summed E-state index contributed by atoms with van der Waals surface area (Å²) in [5.74, 6) is -4.75. The van der Waals surface area contributed by atoms with E-state index >= 15 is 0 Å². The van der Waals surface area contributed by atoms with E-state index in [0.717, 1.165) is 12.8 Å². The number of allylic oxidation sites excluding steroid dienone is 12. The lowest BCUT2D eigenvalue weighted by Crippen LogP contribution is -2.59. The summed E-state index contributed by atoms with van der Waals surface area (Å²) < 4.78 is 23.4. The summed E-state index contributed by atoms with van der Waals surface area (Å²) in [6.07, 6.45) is 8.15. The molecular weight excluding hydrogens is 873 g/mol. The summed E-state index contributed by atoms with van der Waals surface area (Å²) in [6.45, 7) is 4.18. The molecule has 3 saturated heterocycles. The van der Waals surface area contributed by atoms with Crippen LogP contribution >= 0.6 is 0 Å². The van der Waals surface area contributed by atoms with Gasteiger partial charge in [0.1, 0.15) is 12.2 Å². The minimum atomic E-state index is -2.22. The number of aliphatic hydroxyl groups excluding tert-OH is 9. The summed E-state index contributed by atoms with van der Waals surface area (Å²) in [5, 5.41) is 109. The Hall–Kier alpha value is -3.44. The van der Waals surface area contributed by atoms with E-state index < -0.39 is 135 Å². The molecule has 3 fully saturated rings. The predicted molar refractivity (Wildman–Crippen MR) is 246 cm³/mol. The van der Waals surface area contributed by atoms with Crippen LogP contribution in [-0.4, -0.2) is 179 Å². The van der Waals surface area contributed by atoms with Gasteiger partial charge in [-0.15, -0.1) is 0 Å². The fourth-order valence-corrected chi connectivity index (χ4v) is 8.64. The van der Waals surface area contributed by atoms with E-state index in [-0.39, 0.29) is 44.6 Å². The molecule has 0 aliphatic carbocycles. The van der Waals surface area contributed by atoms with Crippen molar-refractivity contribution in [1.29, 1.82) is 0 Å². The normalized spacial score (nSPS) is 43.5. The van der Waals surface area contributed by atoms with E-state index in [1.807, 2.05) is 49.5 Å². The van der Waals surface area contributed by atoms with Gasteiger partial charge in [-0.2, -0.15) is 0 Å². The number of hydrogen-bond acceptors (Lipinski definition) is 17. The second-order valence-corrected chi connectivity index (χ2v) is 18.4. The van der Waals surface area contributed by atoms with Gasteiger partial charge in [0.25, 0.3) is 0 Å². The van der Waals surface area contributed by atoms with Crippen LogP contribution in [0.2, 0.25) is 0 Å². The number of nitrogens with two attached hydrogens (primary N) is 1. The zero-order valence-electron chi connectivity index (χ0n) is 38.7. The van der Waals surface area contributed by atoms with E-state index in [4.69, 9.17) is 24.7 Å². The highest BCUT2D eigenvalue weighted by atomic mass is 16.7. The zero-order valence-corrected chi connectivity index (χ0v) is 38.7. The third kappa shape index (κ3) is 19.1. The molecule has 0 spiro atoms. The molecular formula is C49H76N2O16. The van der Waals surface area contributed by atoms with Crippen LogP contribution in [0.5, 0.6) is 0 Å². The number of amides is 1. The molecule has 4 aliphatic heterocycles. The van der Waals surface area contributed by atoms with Crippen molar-refractivity contribution in [3.63, 3.8) is 0 Å². The smallest absolute Gasteiger partial charge is 0.308 e. The van der Waals surface area contributed by atoms with Crippen LogP contribution in [0.1, 0.15) is 84.5 Å². The molecule has 0 aromatic rings. The number of fused-ring (bicyclic) bond motifs is 2. The van der Waals surface area contributed by atoms with Crippen LogP contribution in [0.4, 0.5) is 0 Å². The number of esters is 1. The largest absolute Gasteiger partial charge is 0.462 e. The number of ether oxygens (including phenoxy) is 4. The first-order valence-electron chi connectivity index (χ1n) is 23.6. The lowest BCUT2D eigenvalue weighted by molar-refractivity contribution is -0.305. The average Bonchev–Trinajstić information content (AvgIpc) is 3.80. The summed E-state index contributed by atoms with van der Waals surface area (Å²) in [5.41, 5.74) is 6.02. The Morgan fingerprint density at radius 1 is 0.687 bits per heavy atom. The number of cyclic esters (lactones) is 1. The van der Waals surface area contributed by atoms with Gasteiger partial charge in [-0.25, -0.2) is 0 Å². The Labute approximate surface area is 393 Å². The van der Waals surface area contributed by atoms with Crippen LogP contribution in [0.15, 0.2) is 85.1 Å². The zero-order chi connectivity index (χ0) is 49.1. The van der Waals surface area contributed by atoms with Crippen LogP contribution in [0.3, 0.4) is 0 Å². The van der Waals surface area contributed by atoms with Crippen molar-refractivity contribution in [3.05, 3.63) is 85.1 Å². The summed E-state index contributed by atoms with van der Waals surface area (Å²) in [4.78, 5) is 28.1. The minimum Gasteiger partial charge on any atom is -0.462 e. The summed E-state index contributed by atoms with van der Waals surface area (Å²) in [6, 6.07) is -1.09. The van der Waals surface area contributed by atoms with Crippen LogP contribution in [0.25, 0.3) is 0 Å². The van der Waals surface area contributed by atoms with Crippen molar-refractivity contribution in [1.82, 2.24) is 4.90 Å². The molecule has 4 rings (SSSR count). The number of rotatable bonds is 3. The number of hydrogen-bond donors (Lipinski definition) is 11. The van der Waals surface area contributed by atoms with E-state index in [2.05, 4.69) is 0 Å². The lowest BCUT2D eigenvalue weighted by Gasteiger charge is -2.46. The Balaban J connectivity index is 1.57. The van der Waals surface area contributed by atoms with Gasteiger partial charge in [0.15, 0.2) is 12.1 Å². The van der Waals surface area contributed by atoms with Crippen molar-refractivity contribution in [3.8, 4) is 0 Å². The molecule has 18 heteroatoms. The molecule has 378 valence electrons. The molecule has 1 amide bonds. The standard InChI is InChI=1S/C49H76N2O16/c1-31-17-13-11-9-7-5-3-4-6-8-10-12-14-18-36(66-48-46(61)45(50)41(59)30-64-48)27-42-44(47(62)51-21-15-16-22-51)40(58)29-49(63,67-42)28-35(54)25-39(57)37(55)20-19-33(52)24-34(53)26-43(60)65-32(2)23-38(31)56/h3-14,17-18,31-42,44-46,48,52-59,61,63H,15-16,19-30,50H2,1-2H3/b4-3+,7-5+,8-6+,11-9+,12-10+,17-13+,18-14+/t31-,32-,33?,34?,35?,36?,37+,38-,39?,40-,41+,42-,44?,45-,46-,48-,49?/m0/s1. The molecule has 7 unspecified atom stereocenters. The molecule has 4 aliphatic rings. The van der Waals surface area contributed by atoms with Crippen LogP contribution in [0, 0.1) is 11.8 Å². The molecule has 0 radical (unpaired) electrons. The maximum Gasteiger partial charge on any atom is 0.308 e. The van der Waals surface area contributed by atoms with Crippen molar-refractivity contribution in [2.75, 3.05) is 19.7 Å². The summed E-state index contributed by atoms with van der Waals surface area (Å²) >= 11 is 0. The first kappa shape index (κ1) is 56.2. The van der Waals surface area contributed by atoms with Gasteiger partial charge in [-0.3, -0.25) is 9.59 Å². The first-order chi connectivity index (χ1) is 31.8. The molecule has 0 aromatic carbocycles. The van der Waals surface area contributed by atoms with Gasteiger partial charge < -0.3 is 80.6 Å². The molecule has 0 aromatic heterocycles. The SMILES string of the molecule is C[C@H]1C[C@H](O)[C@@H](C)/C=C/C=C/C=C/C=C/C=C/C=C/C=C/C(O[C@@H]2OC[C@@H](O)[C@H](N)[C@@H]2O)C[C@@H]2OC(O)(CC(O)CC(O)[C@H](O)CCC(O)CC(O)CC(=O)O1)C[C@H](O)C2C(=O)N1CCCC1. The van der Waals surface area contributed by atoms with E-state index in [0.29, 0.717) is 13.1 Å². The second kappa shape index (κ2) is 28.3. The van der Waals surface area contributed by atoms with Crippen LogP contribution in [-0.2, 0) is 28.5 Å². The monoisotopic (exact) mass is 949 g/mol. The molecule has 0 saturated carbocycles. The number of aliphatic hydroxyl groups is 10. The third-order valence-corrected chi connectivity index (χ3v) is 12.5. The molecule has 12 N–H and O–H groups in total. The molecule has 4 heterocycles. The van der Waals surface area contributed by atoms with Gasteiger partial charge in [0, 0.05) is 51.1 Å². The molecule has 2 bridgehead atoms. The number of nitrogens with zero attached hydrogens (tertiary/aromatic N) is 1. The second-order valence-electron chi connectivity index (χ2n) is 18.4. The van der Waals surface area contributed by atoms with Crippen molar-refractivity contribution in [2.24, 2.45) is 17.6 Å². The fourth-order valence-electron chi connectivity index (χ4n) is 8.64. The molecule has 67 heavy (non-hydrogen) atoms. The Morgan fingerprint density at radius 2 is 1.28 bits per heavy atom. The highest BCUT2D eigenvalue weighted by Crippen LogP contribution is 2.39. The molecule has 17 atom stereocenters. The Bertz CT molecular complexity index is 1710. The summed E-state index contributed by atoms with van der Waals surface area (Å²) in [7, 11) is 0. The lowest BCUT2D eigenvalue weighted by atomic mass is 9.81.